The van der Waals surface area contributed by atoms with Crippen molar-refractivity contribution >= 4 is 43.8 Å². The van der Waals surface area contributed by atoms with Crippen LogP contribution < -0.4 is 51.2 Å². The van der Waals surface area contributed by atoms with Gasteiger partial charge >= 0.3 is 29.6 Å². The van der Waals surface area contributed by atoms with Gasteiger partial charge in [-0.05, 0) is 24.3 Å². The van der Waals surface area contributed by atoms with Crippen LogP contribution in [0.25, 0.3) is 0 Å². The summed E-state index contributed by atoms with van der Waals surface area (Å²) in [4.78, 5) is 11.9. The van der Waals surface area contributed by atoms with Crippen molar-refractivity contribution in [2.75, 3.05) is 41.3 Å². The largest absolute Gasteiger partial charge is 1.00 e. The summed E-state index contributed by atoms with van der Waals surface area (Å²) < 4.78 is 63.2. The standard InChI is InChI=1S/C13H19N7O6S2.Na/c14-5-6-15-11-18-12(16-7-8-27(21,22)23)20-13(19-11)17-9-1-3-10(4-2-9)28(24,25)26;/h1-4H,5-8,14H2,(H,21,22,23)(H,24,25,26)(H3,15,16,17,18,19,20);/q;+1/p-1. The molecule has 0 amide bonds. The van der Waals surface area contributed by atoms with Crippen LogP contribution in [0.4, 0.5) is 23.5 Å². The van der Waals surface area contributed by atoms with Gasteiger partial charge < -0.3 is 26.2 Å². The average Bonchev–Trinajstić information content (AvgIpc) is 2.58. The molecule has 0 atom stereocenters. The third-order valence-corrected chi connectivity index (χ3v) is 4.68. The minimum Gasteiger partial charge on any atom is -0.748 e. The Morgan fingerprint density at radius 2 is 1.45 bits per heavy atom. The van der Waals surface area contributed by atoms with E-state index in [-0.39, 0.29) is 58.8 Å². The van der Waals surface area contributed by atoms with Gasteiger partial charge in [0.15, 0.2) is 0 Å². The van der Waals surface area contributed by atoms with Crippen molar-refractivity contribution in [3.8, 4) is 0 Å². The van der Waals surface area contributed by atoms with E-state index in [1.165, 1.54) is 24.3 Å². The van der Waals surface area contributed by atoms with E-state index in [2.05, 4.69) is 30.9 Å². The summed E-state index contributed by atoms with van der Waals surface area (Å²) >= 11 is 0. The number of hydrogen-bond donors (Lipinski definition) is 5. The first-order chi connectivity index (χ1) is 13.1. The van der Waals surface area contributed by atoms with E-state index >= 15 is 0 Å². The van der Waals surface area contributed by atoms with Crippen LogP contribution >= 0.6 is 0 Å². The van der Waals surface area contributed by atoms with E-state index in [1.807, 2.05) is 0 Å². The molecule has 29 heavy (non-hydrogen) atoms. The van der Waals surface area contributed by atoms with Crippen LogP contribution in [0.2, 0.25) is 0 Å². The molecule has 0 aliphatic rings. The second-order valence-electron chi connectivity index (χ2n) is 5.33. The molecule has 13 nitrogen and oxygen atoms in total. The van der Waals surface area contributed by atoms with Gasteiger partial charge in [-0.3, -0.25) is 4.55 Å². The molecule has 6 N–H and O–H groups in total. The zero-order chi connectivity index (χ0) is 20.8. The van der Waals surface area contributed by atoms with E-state index in [1.54, 1.807) is 0 Å². The van der Waals surface area contributed by atoms with Gasteiger partial charge in [0.2, 0.25) is 17.8 Å². The molecule has 0 spiro atoms. The van der Waals surface area contributed by atoms with Crippen molar-refractivity contribution in [1.82, 2.24) is 15.0 Å². The Bertz CT molecular complexity index is 1020. The van der Waals surface area contributed by atoms with E-state index in [4.69, 9.17) is 10.3 Å². The van der Waals surface area contributed by atoms with Gasteiger partial charge in [0.05, 0.1) is 20.8 Å². The monoisotopic (exact) mass is 455 g/mol. The Labute approximate surface area is 189 Å². The van der Waals surface area contributed by atoms with Crippen molar-refractivity contribution < 1.29 is 55.5 Å². The average molecular weight is 455 g/mol. The Hall–Kier alpha value is -1.59. The number of nitrogens with two attached hydrogens (primary N) is 1. The fourth-order valence-electron chi connectivity index (χ4n) is 1.90. The van der Waals surface area contributed by atoms with Gasteiger partial charge in [-0.25, -0.2) is 8.42 Å². The van der Waals surface area contributed by atoms with Crippen LogP contribution in [0, 0.1) is 0 Å². The van der Waals surface area contributed by atoms with Crippen molar-refractivity contribution in [3.05, 3.63) is 24.3 Å². The van der Waals surface area contributed by atoms with Crippen LogP contribution in [0.3, 0.4) is 0 Å². The van der Waals surface area contributed by atoms with Crippen LogP contribution in [0.5, 0.6) is 0 Å². The molecule has 0 unspecified atom stereocenters. The van der Waals surface area contributed by atoms with Crippen LogP contribution in [-0.4, -0.2) is 66.3 Å². The van der Waals surface area contributed by atoms with Crippen molar-refractivity contribution in [3.63, 3.8) is 0 Å². The van der Waals surface area contributed by atoms with E-state index in [0.717, 1.165) is 0 Å². The number of hydrogen-bond acceptors (Lipinski definition) is 12. The maximum absolute atomic E-state index is 11.1. The van der Waals surface area contributed by atoms with Crippen LogP contribution in [-0.2, 0) is 20.2 Å². The van der Waals surface area contributed by atoms with Gasteiger partial charge in [-0.15, -0.1) is 0 Å². The quantitative estimate of drug-likeness (QED) is 0.172. The maximum Gasteiger partial charge on any atom is 1.00 e. The predicted molar refractivity (Wildman–Crippen MR) is 100.0 cm³/mol. The smallest absolute Gasteiger partial charge is 0.748 e. The first kappa shape index (κ1) is 25.4. The first-order valence-corrected chi connectivity index (χ1v) is 10.8. The Morgan fingerprint density at radius 3 is 1.93 bits per heavy atom. The summed E-state index contributed by atoms with van der Waals surface area (Å²) in [5, 5.41) is 8.26. The normalized spacial score (nSPS) is 11.4. The Morgan fingerprint density at radius 1 is 0.931 bits per heavy atom. The zero-order valence-corrected chi connectivity index (χ0v) is 19.0. The molecule has 154 valence electrons. The third-order valence-electron chi connectivity index (χ3n) is 3.11. The molecular formula is C13H18N7NaO6S2. The maximum atomic E-state index is 11.1. The second kappa shape index (κ2) is 11.0. The summed E-state index contributed by atoms with van der Waals surface area (Å²) in [6.45, 7) is 0.471. The number of benzene rings is 1. The fraction of sp³-hybridized carbons (Fsp3) is 0.308. The van der Waals surface area contributed by atoms with Gasteiger partial charge in [0.25, 0.3) is 10.1 Å². The first-order valence-electron chi connectivity index (χ1n) is 7.79. The van der Waals surface area contributed by atoms with Gasteiger partial charge in [-0.1, -0.05) is 0 Å². The summed E-state index contributed by atoms with van der Waals surface area (Å²) in [5.41, 5.74) is 5.83. The molecule has 16 heteroatoms. The second-order valence-corrected chi connectivity index (χ2v) is 8.28. The third kappa shape index (κ3) is 9.18. The molecule has 0 saturated carbocycles. The molecule has 2 rings (SSSR count). The van der Waals surface area contributed by atoms with Crippen molar-refractivity contribution in [2.24, 2.45) is 5.73 Å². The van der Waals surface area contributed by atoms with Crippen LogP contribution in [0.15, 0.2) is 29.2 Å². The zero-order valence-electron chi connectivity index (χ0n) is 15.4. The van der Waals surface area contributed by atoms with Gasteiger partial charge in [-0.2, -0.15) is 23.4 Å². The van der Waals surface area contributed by atoms with Crippen molar-refractivity contribution in [2.45, 2.75) is 4.90 Å². The fourth-order valence-corrected chi connectivity index (χ4v) is 2.73. The Kier molecular flexibility index (Phi) is 9.63. The van der Waals surface area contributed by atoms with E-state index in [9.17, 15) is 21.4 Å². The minimum absolute atomic E-state index is 0. The molecule has 0 aliphatic heterocycles. The molecule has 1 heterocycles. The van der Waals surface area contributed by atoms with Gasteiger partial charge in [0.1, 0.15) is 0 Å². The summed E-state index contributed by atoms with van der Waals surface area (Å²) in [6.07, 6.45) is 0. The Balaban J connectivity index is 0.00000420. The molecular weight excluding hydrogens is 437 g/mol. The summed E-state index contributed by atoms with van der Waals surface area (Å²) in [6, 6.07) is 5.14. The number of aromatic nitrogens is 3. The van der Waals surface area contributed by atoms with E-state index in [0.29, 0.717) is 18.8 Å². The van der Waals surface area contributed by atoms with Crippen LogP contribution in [0.1, 0.15) is 0 Å². The number of nitrogens with zero attached hydrogens (tertiary/aromatic N) is 3. The predicted octanol–water partition coefficient (Wildman–Crippen LogP) is -3.81. The molecule has 2 aromatic rings. The molecule has 0 fully saturated rings. The number of nitrogens with one attached hydrogen (secondary N) is 3. The topological polar surface area (TPSA) is 212 Å². The molecule has 1 aromatic heterocycles. The SMILES string of the molecule is NCCNc1nc(NCCS(=O)(=O)[O-])nc(Nc2ccc(S(=O)(=O)O)cc2)n1.[Na+]. The molecule has 1 aromatic carbocycles. The molecule has 0 aliphatic carbocycles. The molecule has 0 radical (unpaired) electrons. The minimum atomic E-state index is -4.39. The van der Waals surface area contributed by atoms with E-state index < -0.39 is 26.0 Å². The number of anilines is 4. The molecule has 0 saturated heterocycles. The summed E-state index contributed by atoms with van der Waals surface area (Å²) in [5.74, 6) is -0.439. The molecule has 0 bridgehead atoms. The van der Waals surface area contributed by atoms with Gasteiger partial charge in [0, 0.05) is 25.3 Å². The van der Waals surface area contributed by atoms with Crippen molar-refractivity contribution in [1.29, 1.82) is 0 Å². The summed E-state index contributed by atoms with van der Waals surface area (Å²) in [7, 11) is -8.71. The number of rotatable bonds is 10.